The minimum Gasteiger partial charge on any atom is -0.307 e. The van der Waals surface area contributed by atoms with Crippen molar-refractivity contribution in [2.75, 3.05) is 6.54 Å². The van der Waals surface area contributed by atoms with E-state index in [4.69, 9.17) is 0 Å². The van der Waals surface area contributed by atoms with Gasteiger partial charge in [-0.1, -0.05) is 42.8 Å². The van der Waals surface area contributed by atoms with Crippen LogP contribution < -0.4 is 5.32 Å². The summed E-state index contributed by atoms with van der Waals surface area (Å²) in [5.74, 6) is 0.190. The number of Topliss-reactive ketones (excluding diaryl/α,β-unsaturated/α-hetero) is 1. The first-order valence-corrected chi connectivity index (χ1v) is 8.25. The predicted molar refractivity (Wildman–Crippen MR) is 88.8 cm³/mol. The SMILES string of the molecule is CCc1ccc(C(=O)C(C)NCCC2=CCCCC2)cc1. The highest BCUT2D eigenvalue weighted by Gasteiger charge is 2.14. The number of carbonyl (C=O) groups is 1. The van der Waals surface area contributed by atoms with Crippen molar-refractivity contribution in [2.24, 2.45) is 0 Å². The molecule has 1 aliphatic carbocycles. The topological polar surface area (TPSA) is 29.1 Å². The normalized spacial score (nSPS) is 16.4. The number of hydrogen-bond donors (Lipinski definition) is 1. The van der Waals surface area contributed by atoms with Crippen molar-refractivity contribution in [1.82, 2.24) is 5.32 Å². The zero-order chi connectivity index (χ0) is 15.1. The molecule has 0 aliphatic heterocycles. The number of rotatable bonds is 7. The van der Waals surface area contributed by atoms with E-state index in [1.54, 1.807) is 5.57 Å². The maximum Gasteiger partial charge on any atom is 0.179 e. The van der Waals surface area contributed by atoms with Crippen LogP contribution in [0.15, 0.2) is 35.9 Å². The van der Waals surface area contributed by atoms with Gasteiger partial charge < -0.3 is 5.32 Å². The molecule has 0 amide bonds. The Labute approximate surface area is 128 Å². The van der Waals surface area contributed by atoms with Gasteiger partial charge in [0.15, 0.2) is 5.78 Å². The van der Waals surface area contributed by atoms with Gasteiger partial charge in [0.1, 0.15) is 0 Å². The molecule has 0 aromatic heterocycles. The third kappa shape index (κ3) is 4.82. The minimum absolute atomic E-state index is 0.110. The molecule has 1 N–H and O–H groups in total. The van der Waals surface area contributed by atoms with E-state index >= 15 is 0 Å². The molecular weight excluding hydrogens is 258 g/mol. The largest absolute Gasteiger partial charge is 0.307 e. The minimum atomic E-state index is -0.110. The van der Waals surface area contributed by atoms with Crippen LogP contribution in [0, 0.1) is 0 Å². The van der Waals surface area contributed by atoms with Gasteiger partial charge in [-0.15, -0.1) is 0 Å². The van der Waals surface area contributed by atoms with Crippen molar-refractivity contribution in [3.8, 4) is 0 Å². The summed E-state index contributed by atoms with van der Waals surface area (Å²) in [6.07, 6.45) is 9.59. The average molecular weight is 285 g/mol. The Hall–Kier alpha value is -1.41. The van der Waals surface area contributed by atoms with E-state index in [0.717, 1.165) is 24.9 Å². The number of benzene rings is 1. The van der Waals surface area contributed by atoms with Gasteiger partial charge >= 0.3 is 0 Å². The van der Waals surface area contributed by atoms with Crippen molar-refractivity contribution in [2.45, 2.75) is 58.4 Å². The molecule has 2 nitrogen and oxygen atoms in total. The highest BCUT2D eigenvalue weighted by Crippen LogP contribution is 2.19. The molecule has 0 saturated carbocycles. The molecule has 0 fully saturated rings. The van der Waals surface area contributed by atoms with E-state index in [2.05, 4.69) is 18.3 Å². The molecule has 0 heterocycles. The quantitative estimate of drug-likeness (QED) is 0.598. The van der Waals surface area contributed by atoms with E-state index in [9.17, 15) is 4.79 Å². The van der Waals surface area contributed by atoms with Crippen molar-refractivity contribution < 1.29 is 4.79 Å². The van der Waals surface area contributed by atoms with Crippen LogP contribution in [0.2, 0.25) is 0 Å². The molecule has 0 spiro atoms. The molecule has 114 valence electrons. The summed E-state index contributed by atoms with van der Waals surface area (Å²) in [4.78, 5) is 12.3. The molecule has 21 heavy (non-hydrogen) atoms. The summed E-state index contributed by atoms with van der Waals surface area (Å²) in [5, 5.41) is 3.37. The lowest BCUT2D eigenvalue weighted by Gasteiger charge is -2.16. The van der Waals surface area contributed by atoms with Gasteiger partial charge in [0.05, 0.1) is 6.04 Å². The van der Waals surface area contributed by atoms with Gasteiger partial charge in [0.2, 0.25) is 0 Å². The van der Waals surface area contributed by atoms with Crippen molar-refractivity contribution >= 4 is 5.78 Å². The fourth-order valence-electron chi connectivity index (χ4n) is 2.83. The Morgan fingerprint density at radius 3 is 2.62 bits per heavy atom. The monoisotopic (exact) mass is 285 g/mol. The van der Waals surface area contributed by atoms with Gasteiger partial charge in [-0.2, -0.15) is 0 Å². The fraction of sp³-hybridized carbons (Fsp3) is 0.526. The van der Waals surface area contributed by atoms with Crippen LogP contribution >= 0.6 is 0 Å². The fourth-order valence-corrected chi connectivity index (χ4v) is 2.83. The summed E-state index contributed by atoms with van der Waals surface area (Å²) in [7, 11) is 0. The predicted octanol–water partition coefficient (Wildman–Crippen LogP) is 4.30. The van der Waals surface area contributed by atoms with Crippen LogP contribution in [-0.2, 0) is 6.42 Å². The zero-order valence-corrected chi connectivity index (χ0v) is 13.3. The summed E-state index contributed by atoms with van der Waals surface area (Å²) >= 11 is 0. The summed E-state index contributed by atoms with van der Waals surface area (Å²) in [6.45, 7) is 4.98. The van der Waals surface area contributed by atoms with Crippen molar-refractivity contribution in [1.29, 1.82) is 0 Å². The maximum absolute atomic E-state index is 12.3. The Kier molecular flexibility index (Phi) is 6.19. The van der Waals surface area contributed by atoms with Crippen LogP contribution in [0.3, 0.4) is 0 Å². The molecule has 0 radical (unpaired) electrons. The van der Waals surface area contributed by atoms with E-state index in [1.807, 2.05) is 31.2 Å². The number of aryl methyl sites for hydroxylation is 1. The number of nitrogens with one attached hydrogen (secondary N) is 1. The van der Waals surface area contributed by atoms with Gasteiger partial charge in [-0.05, 0) is 57.6 Å². The second-order valence-electron chi connectivity index (χ2n) is 5.95. The Morgan fingerprint density at radius 2 is 2.00 bits per heavy atom. The van der Waals surface area contributed by atoms with E-state index in [-0.39, 0.29) is 11.8 Å². The molecule has 1 unspecified atom stereocenters. The second-order valence-corrected chi connectivity index (χ2v) is 5.95. The number of allylic oxidation sites excluding steroid dienone is 1. The molecule has 1 aromatic carbocycles. The Bertz CT molecular complexity index is 487. The van der Waals surface area contributed by atoms with Crippen LogP contribution in [0.4, 0.5) is 0 Å². The first kappa shape index (κ1) is 16.0. The third-order valence-electron chi connectivity index (χ3n) is 4.32. The molecule has 1 atom stereocenters. The van der Waals surface area contributed by atoms with E-state index in [1.165, 1.54) is 31.2 Å². The molecule has 0 saturated heterocycles. The van der Waals surface area contributed by atoms with Gasteiger partial charge in [0.25, 0.3) is 0 Å². The van der Waals surface area contributed by atoms with Crippen LogP contribution in [0.5, 0.6) is 0 Å². The first-order valence-electron chi connectivity index (χ1n) is 8.25. The molecule has 1 aromatic rings. The number of ketones is 1. The third-order valence-corrected chi connectivity index (χ3v) is 4.32. The van der Waals surface area contributed by atoms with Crippen LogP contribution in [0.1, 0.15) is 61.9 Å². The lowest BCUT2D eigenvalue weighted by atomic mass is 9.97. The highest BCUT2D eigenvalue weighted by atomic mass is 16.1. The molecule has 0 bridgehead atoms. The first-order chi connectivity index (χ1) is 10.2. The number of carbonyl (C=O) groups excluding carboxylic acids is 1. The summed E-state index contributed by atoms with van der Waals surface area (Å²) < 4.78 is 0. The summed E-state index contributed by atoms with van der Waals surface area (Å²) in [5.41, 5.74) is 3.64. The van der Waals surface area contributed by atoms with Gasteiger partial charge in [-0.3, -0.25) is 4.79 Å². The second kappa shape index (κ2) is 8.14. The molecule has 2 heteroatoms. The lowest BCUT2D eigenvalue weighted by molar-refractivity contribution is 0.0951. The van der Waals surface area contributed by atoms with Gasteiger partial charge in [-0.25, -0.2) is 0 Å². The average Bonchev–Trinajstić information content (AvgIpc) is 2.55. The van der Waals surface area contributed by atoms with Crippen molar-refractivity contribution in [3.63, 3.8) is 0 Å². The zero-order valence-electron chi connectivity index (χ0n) is 13.3. The number of hydrogen-bond acceptors (Lipinski definition) is 2. The summed E-state index contributed by atoms with van der Waals surface area (Å²) in [6, 6.07) is 7.88. The van der Waals surface area contributed by atoms with Gasteiger partial charge in [0, 0.05) is 5.56 Å². The highest BCUT2D eigenvalue weighted by molar-refractivity contribution is 5.99. The molecule has 2 rings (SSSR count). The van der Waals surface area contributed by atoms with Crippen molar-refractivity contribution in [3.05, 3.63) is 47.0 Å². The van der Waals surface area contributed by atoms with Crippen LogP contribution in [0.25, 0.3) is 0 Å². The lowest BCUT2D eigenvalue weighted by Crippen LogP contribution is -2.34. The van der Waals surface area contributed by atoms with E-state index in [0.29, 0.717) is 0 Å². The standard InChI is InChI=1S/C19H27NO/c1-3-16-9-11-18(12-10-16)19(21)15(2)20-14-13-17-7-5-4-6-8-17/h7,9-12,15,20H,3-6,8,13-14H2,1-2H3. The smallest absolute Gasteiger partial charge is 0.179 e. The van der Waals surface area contributed by atoms with Crippen LogP contribution in [-0.4, -0.2) is 18.4 Å². The Morgan fingerprint density at radius 1 is 1.24 bits per heavy atom. The Balaban J connectivity index is 1.80. The van der Waals surface area contributed by atoms with E-state index < -0.39 is 0 Å². The molecule has 1 aliphatic rings. The molecular formula is C19H27NO. The maximum atomic E-state index is 12.3.